The molecule has 0 unspecified atom stereocenters. The second-order valence-corrected chi connectivity index (χ2v) is 15.3. The van der Waals surface area contributed by atoms with Crippen LogP contribution in [0.15, 0.2) is 122 Å². The van der Waals surface area contributed by atoms with Gasteiger partial charge in [0.05, 0.1) is 34.1 Å². The topological polar surface area (TPSA) is 79.0 Å². The SMILES string of the molecule is Cc1ccncc1-n1c2c(c3cc4c(cc31)-c1cc3c(cc1CC4)c1cc(-c4cccc(O)c4)ccc1n3-c1c[nH]cc1C)C=C(c1cccc(O)c1)CC2. The van der Waals surface area contributed by atoms with Gasteiger partial charge < -0.3 is 24.3 Å². The van der Waals surface area contributed by atoms with Gasteiger partial charge in [-0.3, -0.25) is 4.98 Å². The summed E-state index contributed by atoms with van der Waals surface area (Å²) in [5.41, 5.74) is 20.4. The van der Waals surface area contributed by atoms with Crippen LogP contribution < -0.4 is 0 Å². The minimum Gasteiger partial charge on any atom is -0.508 e. The Bertz CT molecular complexity index is 3100. The average molecular weight is 715 g/mol. The summed E-state index contributed by atoms with van der Waals surface area (Å²) in [6, 6.07) is 33.7. The molecule has 2 aliphatic rings. The average Bonchev–Trinajstić information content (AvgIpc) is 3.86. The van der Waals surface area contributed by atoms with E-state index in [0.29, 0.717) is 5.75 Å². The highest BCUT2D eigenvalue weighted by atomic mass is 16.3. The summed E-state index contributed by atoms with van der Waals surface area (Å²) in [5.74, 6) is 0.561. The van der Waals surface area contributed by atoms with E-state index in [0.717, 1.165) is 59.3 Å². The monoisotopic (exact) mass is 714 g/mol. The van der Waals surface area contributed by atoms with E-state index in [4.69, 9.17) is 0 Å². The lowest BCUT2D eigenvalue weighted by atomic mass is 9.83. The molecule has 0 fully saturated rings. The van der Waals surface area contributed by atoms with E-state index in [-0.39, 0.29) is 5.75 Å². The van der Waals surface area contributed by atoms with Crippen LogP contribution >= 0.6 is 0 Å². The number of aromatic nitrogens is 4. The zero-order valence-corrected chi connectivity index (χ0v) is 30.7. The third kappa shape index (κ3) is 4.84. The summed E-state index contributed by atoms with van der Waals surface area (Å²) in [4.78, 5) is 7.95. The van der Waals surface area contributed by atoms with Gasteiger partial charge in [0.15, 0.2) is 0 Å². The third-order valence-electron chi connectivity index (χ3n) is 12.0. The minimum atomic E-state index is 0.267. The van der Waals surface area contributed by atoms with Crippen molar-refractivity contribution in [2.75, 3.05) is 0 Å². The van der Waals surface area contributed by atoms with Gasteiger partial charge >= 0.3 is 0 Å². The normalized spacial score (nSPS) is 13.6. The molecule has 9 aromatic rings. The Labute approximate surface area is 318 Å². The van der Waals surface area contributed by atoms with Crippen molar-refractivity contribution in [3.05, 3.63) is 161 Å². The van der Waals surface area contributed by atoms with E-state index in [1.165, 1.54) is 77.4 Å². The summed E-state index contributed by atoms with van der Waals surface area (Å²) >= 11 is 0. The van der Waals surface area contributed by atoms with Crippen LogP contribution in [0.3, 0.4) is 0 Å². The number of phenols is 2. The molecule has 2 aliphatic carbocycles. The van der Waals surface area contributed by atoms with Gasteiger partial charge in [-0.25, -0.2) is 0 Å². The number of benzene rings is 5. The highest BCUT2D eigenvalue weighted by molar-refractivity contribution is 6.12. The van der Waals surface area contributed by atoms with Crippen LogP contribution in [0.2, 0.25) is 0 Å². The molecule has 11 rings (SSSR count). The van der Waals surface area contributed by atoms with E-state index >= 15 is 0 Å². The number of fused-ring (bicyclic) bond motifs is 9. The molecule has 0 amide bonds. The zero-order chi connectivity index (χ0) is 36.9. The van der Waals surface area contributed by atoms with Gasteiger partial charge in [-0.1, -0.05) is 30.3 Å². The highest BCUT2D eigenvalue weighted by Gasteiger charge is 2.27. The number of nitrogens with one attached hydrogen (secondary N) is 1. The van der Waals surface area contributed by atoms with E-state index in [9.17, 15) is 10.2 Å². The maximum Gasteiger partial charge on any atom is 0.116 e. The van der Waals surface area contributed by atoms with Crippen molar-refractivity contribution in [3.8, 4) is 45.1 Å². The van der Waals surface area contributed by atoms with Crippen LogP contribution in [0.4, 0.5) is 0 Å². The Morgan fingerprint density at radius 3 is 2.00 bits per heavy atom. The molecule has 4 aromatic heterocycles. The summed E-state index contributed by atoms with van der Waals surface area (Å²) in [6.45, 7) is 4.33. The van der Waals surface area contributed by atoms with Crippen molar-refractivity contribution >= 4 is 44.4 Å². The zero-order valence-electron chi connectivity index (χ0n) is 30.7. The van der Waals surface area contributed by atoms with Crippen LogP contribution in [-0.2, 0) is 19.3 Å². The Balaban J connectivity index is 1.16. The van der Waals surface area contributed by atoms with Crippen molar-refractivity contribution in [1.29, 1.82) is 0 Å². The lowest BCUT2D eigenvalue weighted by Gasteiger charge is -2.22. The van der Waals surface area contributed by atoms with Crippen LogP contribution in [0.25, 0.3) is 78.0 Å². The van der Waals surface area contributed by atoms with E-state index in [1.54, 1.807) is 12.1 Å². The third-order valence-corrected chi connectivity index (χ3v) is 12.0. The fourth-order valence-corrected chi connectivity index (χ4v) is 9.35. The Kier molecular flexibility index (Phi) is 6.84. The van der Waals surface area contributed by atoms with Crippen molar-refractivity contribution < 1.29 is 10.2 Å². The Morgan fingerprint density at radius 2 is 1.27 bits per heavy atom. The number of allylic oxidation sites excluding steroid dienone is 1. The lowest BCUT2D eigenvalue weighted by molar-refractivity contribution is 0.474. The van der Waals surface area contributed by atoms with Gasteiger partial charge in [-0.2, -0.15) is 0 Å². The lowest BCUT2D eigenvalue weighted by Crippen LogP contribution is -2.07. The number of hydrogen-bond donors (Lipinski definition) is 3. The van der Waals surface area contributed by atoms with E-state index < -0.39 is 0 Å². The van der Waals surface area contributed by atoms with Gasteiger partial charge in [-0.15, -0.1) is 0 Å². The second kappa shape index (κ2) is 11.9. The number of nitrogens with zero attached hydrogens (tertiary/aromatic N) is 3. The molecule has 3 N–H and O–H groups in total. The fourth-order valence-electron chi connectivity index (χ4n) is 9.35. The molecule has 0 saturated heterocycles. The number of phenolic OH excluding ortho intramolecular Hbond substituents is 2. The molecule has 6 heteroatoms. The van der Waals surface area contributed by atoms with Crippen LogP contribution in [-0.4, -0.2) is 29.3 Å². The number of aromatic hydroxyl groups is 2. The van der Waals surface area contributed by atoms with Crippen LogP contribution in [0.5, 0.6) is 11.5 Å². The number of aromatic amines is 1. The number of aryl methyl sites for hydroxylation is 4. The summed E-state index contributed by atoms with van der Waals surface area (Å²) in [6.07, 6.45) is 14.1. The molecule has 0 spiro atoms. The molecule has 0 radical (unpaired) electrons. The first kappa shape index (κ1) is 31.7. The number of H-pyrrole nitrogens is 1. The van der Waals surface area contributed by atoms with Gasteiger partial charge in [0.1, 0.15) is 11.5 Å². The first-order valence-electron chi connectivity index (χ1n) is 19.1. The molecule has 5 aromatic carbocycles. The van der Waals surface area contributed by atoms with E-state index in [1.807, 2.05) is 36.7 Å². The number of pyridine rings is 1. The second-order valence-electron chi connectivity index (χ2n) is 15.3. The minimum absolute atomic E-state index is 0.267. The molecule has 6 nitrogen and oxygen atoms in total. The molecule has 4 heterocycles. The first-order valence-corrected chi connectivity index (χ1v) is 19.1. The maximum atomic E-state index is 10.3. The highest BCUT2D eigenvalue weighted by Crippen LogP contribution is 2.46. The molecular weight excluding hydrogens is 677 g/mol. The van der Waals surface area contributed by atoms with Gasteiger partial charge in [0.2, 0.25) is 0 Å². The van der Waals surface area contributed by atoms with Crippen LogP contribution in [0, 0.1) is 13.8 Å². The summed E-state index contributed by atoms with van der Waals surface area (Å²) in [5, 5.41) is 24.3. The molecule has 266 valence electrons. The van der Waals surface area contributed by atoms with Crippen LogP contribution in [0.1, 0.15) is 45.5 Å². The van der Waals surface area contributed by atoms with Gasteiger partial charge in [0, 0.05) is 46.0 Å². The molecule has 55 heavy (non-hydrogen) atoms. The van der Waals surface area contributed by atoms with Crippen molar-refractivity contribution in [2.45, 2.75) is 39.5 Å². The van der Waals surface area contributed by atoms with Crippen molar-refractivity contribution in [1.82, 2.24) is 19.1 Å². The Morgan fingerprint density at radius 1 is 0.582 bits per heavy atom. The van der Waals surface area contributed by atoms with E-state index in [2.05, 4.69) is 112 Å². The molecule has 0 aliphatic heterocycles. The molecular formula is C49H38N4O2. The van der Waals surface area contributed by atoms with Crippen molar-refractivity contribution in [2.24, 2.45) is 0 Å². The summed E-state index contributed by atoms with van der Waals surface area (Å²) in [7, 11) is 0. The standard InChI is InChI=1S/C49H38N4O2/c1-28-15-16-50-26-48(28)52-44-13-11-32(30-5-3-7-36(54)17-30)19-40(44)42-21-34-9-10-35-22-43-41-20-33(31-6-4-8-37(55)18-31)12-14-45(41)53(49-27-51-25-29(49)2)47(43)24-39(35)38(34)23-46(42)52/h3-8,12,14-27,51,54-55H,9-11,13H2,1-2H3. The van der Waals surface area contributed by atoms with Gasteiger partial charge in [-0.05, 0) is 168 Å². The number of hydrogen-bond acceptors (Lipinski definition) is 3. The fraction of sp³-hybridized carbons (Fsp3) is 0.122. The molecule has 0 saturated carbocycles. The first-order chi connectivity index (χ1) is 26.9. The van der Waals surface area contributed by atoms with Crippen molar-refractivity contribution in [3.63, 3.8) is 0 Å². The Hall–Kier alpha value is -6.79. The quantitative estimate of drug-likeness (QED) is 0.170. The molecule has 0 atom stereocenters. The summed E-state index contributed by atoms with van der Waals surface area (Å²) < 4.78 is 4.86. The molecule has 0 bridgehead atoms. The smallest absolute Gasteiger partial charge is 0.116 e. The maximum absolute atomic E-state index is 10.3. The largest absolute Gasteiger partial charge is 0.508 e. The predicted molar refractivity (Wildman–Crippen MR) is 223 cm³/mol. The predicted octanol–water partition coefficient (Wildman–Crippen LogP) is 11.4. The van der Waals surface area contributed by atoms with Gasteiger partial charge in [0.25, 0.3) is 0 Å². The number of rotatable bonds is 4.